The summed E-state index contributed by atoms with van der Waals surface area (Å²) in [5.74, 6) is 0. The highest BCUT2D eigenvalue weighted by atomic mass is 35.6. The van der Waals surface area contributed by atoms with Crippen molar-refractivity contribution in [1.82, 2.24) is 0 Å². The number of hydrogen-bond acceptors (Lipinski definition) is 0. The highest BCUT2D eigenvalue weighted by molar-refractivity contribution is 7.13. The lowest BCUT2D eigenvalue weighted by molar-refractivity contribution is 1.71. The molecule has 0 aliphatic rings. The molecule has 0 nitrogen and oxygen atoms in total. The predicted molar refractivity (Wildman–Crippen MR) is 55.0 cm³/mol. The molecule has 11 heavy (non-hydrogen) atoms. The van der Waals surface area contributed by atoms with E-state index in [1.807, 2.05) is 24.3 Å². The highest BCUT2D eigenvalue weighted by Gasteiger charge is 2.05. The largest absolute Gasteiger partial charge is 0.168 e. The van der Waals surface area contributed by atoms with Gasteiger partial charge < -0.3 is 0 Å². The van der Waals surface area contributed by atoms with Gasteiger partial charge in [0.1, 0.15) is 0 Å². The molecule has 0 bridgehead atoms. The van der Waals surface area contributed by atoms with E-state index in [4.69, 9.17) is 11.1 Å². The third-order valence-electron chi connectivity index (χ3n) is 1.64. The van der Waals surface area contributed by atoms with E-state index >= 15 is 0 Å². The molecular formula is C9H11ClSi. The van der Waals surface area contributed by atoms with Gasteiger partial charge in [0, 0.05) is 0 Å². The average Bonchev–Trinajstić information content (AvgIpc) is 2.04. The van der Waals surface area contributed by atoms with Crippen LogP contribution in [0, 0.1) is 0 Å². The molecule has 0 aliphatic carbocycles. The highest BCUT2D eigenvalue weighted by Crippen LogP contribution is 2.01. The van der Waals surface area contributed by atoms with E-state index in [2.05, 4.69) is 19.2 Å². The Morgan fingerprint density at radius 1 is 1.45 bits per heavy atom. The summed E-state index contributed by atoms with van der Waals surface area (Å²) in [4.78, 5) is 0. The van der Waals surface area contributed by atoms with E-state index in [1.165, 1.54) is 10.8 Å². The van der Waals surface area contributed by atoms with Gasteiger partial charge in [0.15, 0.2) is 8.11 Å². The molecule has 0 N–H and O–H groups in total. The van der Waals surface area contributed by atoms with Crippen LogP contribution in [0.5, 0.6) is 0 Å². The summed E-state index contributed by atoms with van der Waals surface area (Å²) in [7, 11) is -1.18. The predicted octanol–water partition coefficient (Wildman–Crippen LogP) is 2.13. The first-order valence-electron chi connectivity index (χ1n) is 3.61. The normalized spacial score (nSPS) is 12.5. The molecule has 1 atom stereocenters. The van der Waals surface area contributed by atoms with Crippen molar-refractivity contribution in [3.8, 4) is 0 Å². The van der Waals surface area contributed by atoms with Crippen LogP contribution in [-0.4, -0.2) is 8.11 Å². The molecule has 0 amide bonds. The minimum absolute atomic E-state index is 1.18. The average molecular weight is 183 g/mol. The van der Waals surface area contributed by atoms with Crippen molar-refractivity contribution in [2.45, 2.75) is 6.55 Å². The van der Waals surface area contributed by atoms with Gasteiger partial charge in [0.2, 0.25) is 0 Å². The Kier molecular flexibility index (Phi) is 2.91. The van der Waals surface area contributed by atoms with Crippen molar-refractivity contribution in [1.29, 1.82) is 0 Å². The summed E-state index contributed by atoms with van der Waals surface area (Å²) in [6.07, 6.45) is 1.86. The quantitative estimate of drug-likeness (QED) is 0.486. The first kappa shape index (κ1) is 8.56. The Labute approximate surface area is 73.8 Å². The summed E-state index contributed by atoms with van der Waals surface area (Å²) >= 11 is 6.08. The fourth-order valence-electron chi connectivity index (χ4n) is 1.06. The van der Waals surface area contributed by atoms with Crippen molar-refractivity contribution in [3.63, 3.8) is 0 Å². The first-order valence-corrected chi connectivity index (χ1v) is 7.09. The summed E-state index contributed by atoms with van der Waals surface area (Å²) in [5, 5.41) is 1.28. The van der Waals surface area contributed by atoms with Crippen LogP contribution in [0.4, 0.5) is 0 Å². The molecular weight excluding hydrogens is 172 g/mol. The van der Waals surface area contributed by atoms with Crippen LogP contribution in [0.15, 0.2) is 30.8 Å². The Hall–Kier alpha value is -0.533. The van der Waals surface area contributed by atoms with E-state index in [9.17, 15) is 0 Å². The second-order valence-corrected chi connectivity index (χ2v) is 6.27. The number of halogens is 1. The van der Waals surface area contributed by atoms with E-state index in [0.717, 1.165) is 0 Å². The minimum Gasteiger partial charge on any atom is -0.166 e. The van der Waals surface area contributed by atoms with Gasteiger partial charge in [-0.1, -0.05) is 43.5 Å². The van der Waals surface area contributed by atoms with Crippen molar-refractivity contribution in [2.24, 2.45) is 0 Å². The lowest BCUT2D eigenvalue weighted by Gasteiger charge is -2.04. The van der Waals surface area contributed by atoms with Gasteiger partial charge in [-0.15, -0.1) is 0 Å². The molecule has 58 valence electrons. The maximum atomic E-state index is 6.08. The Bertz CT molecular complexity index is 255. The molecule has 0 aromatic heterocycles. The van der Waals surface area contributed by atoms with Gasteiger partial charge >= 0.3 is 0 Å². The monoisotopic (exact) mass is 182 g/mol. The maximum absolute atomic E-state index is 6.08. The molecule has 1 aromatic carbocycles. The SMILES string of the molecule is C=Cc1ccccc1[SiH](C)Cl. The third kappa shape index (κ3) is 1.95. The Balaban J connectivity index is 3.12. The second-order valence-electron chi connectivity index (χ2n) is 2.45. The zero-order valence-electron chi connectivity index (χ0n) is 6.55. The molecule has 0 aliphatic heterocycles. The summed E-state index contributed by atoms with van der Waals surface area (Å²) in [6, 6.07) is 8.16. The molecule has 0 heterocycles. The van der Waals surface area contributed by atoms with Gasteiger partial charge in [0.25, 0.3) is 0 Å². The van der Waals surface area contributed by atoms with E-state index < -0.39 is 8.11 Å². The molecule has 0 radical (unpaired) electrons. The molecule has 0 saturated heterocycles. The van der Waals surface area contributed by atoms with Gasteiger partial charge in [-0.25, -0.2) is 0 Å². The van der Waals surface area contributed by atoms with Crippen LogP contribution in [0.25, 0.3) is 6.08 Å². The Morgan fingerprint density at radius 2 is 2.09 bits per heavy atom. The number of benzene rings is 1. The number of hydrogen-bond donors (Lipinski definition) is 0. The van der Waals surface area contributed by atoms with Crippen molar-refractivity contribution in [2.75, 3.05) is 0 Å². The molecule has 0 fully saturated rings. The van der Waals surface area contributed by atoms with Crippen molar-refractivity contribution >= 4 is 30.4 Å². The lowest BCUT2D eigenvalue weighted by Crippen LogP contribution is -2.22. The van der Waals surface area contributed by atoms with E-state index in [0.29, 0.717) is 0 Å². The standard InChI is InChI=1S/C9H11ClSi/c1-3-8-6-4-5-7-9(8)11(2)10/h3-7,11H,1H2,2H3. The fraction of sp³-hybridized carbons (Fsp3) is 0.111. The maximum Gasteiger partial charge on any atom is 0.168 e. The van der Waals surface area contributed by atoms with Gasteiger partial charge in [-0.05, 0) is 10.8 Å². The molecule has 1 aromatic rings. The van der Waals surface area contributed by atoms with Crippen LogP contribution >= 0.6 is 11.1 Å². The summed E-state index contributed by atoms with van der Waals surface area (Å²) in [6.45, 7) is 5.84. The zero-order valence-corrected chi connectivity index (χ0v) is 8.46. The molecule has 1 rings (SSSR count). The first-order chi connectivity index (χ1) is 5.25. The molecule has 0 spiro atoms. The summed E-state index contributed by atoms with van der Waals surface area (Å²) < 4.78 is 0. The van der Waals surface area contributed by atoms with Crippen LogP contribution < -0.4 is 5.19 Å². The third-order valence-corrected chi connectivity index (χ3v) is 3.73. The number of rotatable bonds is 2. The topological polar surface area (TPSA) is 0 Å². The fourth-order valence-corrected chi connectivity index (χ4v) is 2.70. The van der Waals surface area contributed by atoms with Crippen LogP contribution in [0.3, 0.4) is 0 Å². The smallest absolute Gasteiger partial charge is 0.166 e. The molecule has 1 unspecified atom stereocenters. The van der Waals surface area contributed by atoms with Gasteiger partial charge in [0.05, 0.1) is 0 Å². The van der Waals surface area contributed by atoms with E-state index in [-0.39, 0.29) is 0 Å². The van der Waals surface area contributed by atoms with Gasteiger partial charge in [-0.3, -0.25) is 0 Å². The van der Waals surface area contributed by atoms with E-state index in [1.54, 1.807) is 0 Å². The van der Waals surface area contributed by atoms with Gasteiger partial charge in [-0.2, -0.15) is 11.1 Å². The lowest BCUT2D eigenvalue weighted by atomic mass is 10.2. The zero-order chi connectivity index (χ0) is 8.27. The molecule has 0 saturated carbocycles. The van der Waals surface area contributed by atoms with Crippen molar-refractivity contribution in [3.05, 3.63) is 36.4 Å². The Morgan fingerprint density at radius 3 is 2.55 bits per heavy atom. The van der Waals surface area contributed by atoms with Crippen LogP contribution in [-0.2, 0) is 0 Å². The summed E-state index contributed by atoms with van der Waals surface area (Å²) in [5.41, 5.74) is 1.18. The molecule has 2 heteroatoms. The van der Waals surface area contributed by atoms with Crippen molar-refractivity contribution < 1.29 is 0 Å². The minimum atomic E-state index is -1.18. The van der Waals surface area contributed by atoms with Crippen LogP contribution in [0.2, 0.25) is 6.55 Å². The van der Waals surface area contributed by atoms with Crippen LogP contribution in [0.1, 0.15) is 5.56 Å². The second kappa shape index (κ2) is 3.74.